The largest absolute Gasteiger partial charge is 0.468 e. The van der Waals surface area contributed by atoms with Gasteiger partial charge in [0.15, 0.2) is 0 Å². The van der Waals surface area contributed by atoms with Crippen molar-refractivity contribution in [2.45, 2.75) is 38.3 Å². The van der Waals surface area contributed by atoms with Crippen LogP contribution in [0.2, 0.25) is 0 Å². The Morgan fingerprint density at radius 1 is 1.39 bits per heavy atom. The number of likely N-dealkylation sites (N-methyl/N-ethyl adjacent to an activating group) is 1. The molecule has 5 nitrogen and oxygen atoms in total. The predicted octanol–water partition coefficient (Wildman–Crippen LogP) is 0.491. The van der Waals surface area contributed by atoms with Gasteiger partial charge in [-0.05, 0) is 32.6 Å². The number of esters is 1. The van der Waals surface area contributed by atoms with E-state index in [9.17, 15) is 9.59 Å². The van der Waals surface area contributed by atoms with Gasteiger partial charge in [0.25, 0.3) is 0 Å². The van der Waals surface area contributed by atoms with E-state index >= 15 is 0 Å². The molecule has 102 valence electrons. The lowest BCUT2D eigenvalue weighted by molar-refractivity contribution is -0.160. The maximum Gasteiger partial charge on any atom is 0.323 e. The molecule has 2 aliphatic rings. The number of piperazine rings is 1. The average molecular weight is 254 g/mol. The van der Waals surface area contributed by atoms with Crippen LogP contribution in [0.25, 0.3) is 0 Å². The zero-order valence-corrected chi connectivity index (χ0v) is 11.6. The molecule has 2 rings (SSSR count). The number of carbonyl (C=O) groups is 2. The van der Waals surface area contributed by atoms with Crippen LogP contribution in [0.1, 0.15) is 26.7 Å². The van der Waals surface area contributed by atoms with Gasteiger partial charge in [0.2, 0.25) is 5.91 Å². The third kappa shape index (κ3) is 2.11. The molecule has 2 fully saturated rings. The van der Waals surface area contributed by atoms with Crippen molar-refractivity contribution in [2.24, 2.45) is 5.92 Å². The zero-order valence-electron chi connectivity index (χ0n) is 11.6. The quantitative estimate of drug-likeness (QED) is 0.688. The lowest BCUT2D eigenvalue weighted by Gasteiger charge is -2.47. The van der Waals surface area contributed by atoms with Crippen LogP contribution in [0.3, 0.4) is 0 Å². The van der Waals surface area contributed by atoms with E-state index in [2.05, 4.69) is 0 Å². The summed E-state index contributed by atoms with van der Waals surface area (Å²) in [6, 6.07) is -0.261. The van der Waals surface area contributed by atoms with E-state index in [1.807, 2.05) is 25.8 Å². The first kappa shape index (κ1) is 13.3. The van der Waals surface area contributed by atoms with Crippen LogP contribution in [-0.4, -0.2) is 60.5 Å². The molecule has 1 heterocycles. The highest BCUT2D eigenvalue weighted by atomic mass is 16.5. The van der Waals surface area contributed by atoms with Gasteiger partial charge in [-0.15, -0.1) is 0 Å². The van der Waals surface area contributed by atoms with Crippen LogP contribution in [-0.2, 0) is 14.3 Å². The van der Waals surface area contributed by atoms with Crippen molar-refractivity contribution < 1.29 is 14.3 Å². The summed E-state index contributed by atoms with van der Waals surface area (Å²) in [4.78, 5) is 28.0. The first-order chi connectivity index (χ1) is 8.39. The first-order valence-electron chi connectivity index (χ1n) is 6.49. The molecular weight excluding hydrogens is 232 g/mol. The van der Waals surface area contributed by atoms with Gasteiger partial charge in [0.1, 0.15) is 6.04 Å². The van der Waals surface area contributed by atoms with E-state index in [0.717, 1.165) is 19.4 Å². The summed E-state index contributed by atoms with van der Waals surface area (Å²) < 4.78 is 4.92. The molecule has 0 radical (unpaired) electrons. The molecule has 0 aromatic rings. The zero-order chi connectivity index (χ0) is 13.5. The fraction of sp³-hybridized carbons (Fsp3) is 0.846. The van der Waals surface area contributed by atoms with E-state index in [-0.39, 0.29) is 17.9 Å². The first-order valence-corrected chi connectivity index (χ1v) is 6.49. The summed E-state index contributed by atoms with van der Waals surface area (Å²) in [7, 11) is 3.23. The summed E-state index contributed by atoms with van der Waals surface area (Å²) in [5.74, 6) is 0.221. The second-order valence-corrected chi connectivity index (χ2v) is 5.78. The molecule has 1 aliphatic heterocycles. The second kappa shape index (κ2) is 4.53. The molecule has 0 N–H and O–H groups in total. The Hall–Kier alpha value is -1.10. The molecule has 1 unspecified atom stereocenters. The van der Waals surface area contributed by atoms with Crippen LogP contribution >= 0.6 is 0 Å². The molecule has 1 aliphatic carbocycles. The minimum atomic E-state index is -0.631. The summed E-state index contributed by atoms with van der Waals surface area (Å²) in [5, 5.41) is 0. The molecule has 5 heteroatoms. The summed E-state index contributed by atoms with van der Waals surface area (Å²) >= 11 is 0. The van der Waals surface area contributed by atoms with Crippen molar-refractivity contribution in [1.82, 2.24) is 9.80 Å². The monoisotopic (exact) mass is 254 g/mol. The maximum absolute atomic E-state index is 12.2. The third-order valence-electron chi connectivity index (χ3n) is 4.11. The van der Waals surface area contributed by atoms with Gasteiger partial charge in [-0.2, -0.15) is 0 Å². The van der Waals surface area contributed by atoms with Gasteiger partial charge < -0.3 is 9.64 Å². The standard InChI is InChI=1S/C13H22N2O3/c1-13(2)12(17)14(3)7-8-15(13)10(9-5-6-9)11(16)18-4/h9-10H,5-8H2,1-4H3. The lowest BCUT2D eigenvalue weighted by Crippen LogP contribution is -2.66. The van der Waals surface area contributed by atoms with Crippen molar-refractivity contribution in [1.29, 1.82) is 0 Å². The highest BCUT2D eigenvalue weighted by Crippen LogP contribution is 2.39. The topological polar surface area (TPSA) is 49.9 Å². The van der Waals surface area contributed by atoms with E-state index in [0.29, 0.717) is 12.5 Å². The van der Waals surface area contributed by atoms with E-state index in [1.54, 1.807) is 4.90 Å². The van der Waals surface area contributed by atoms with Crippen LogP contribution in [0.5, 0.6) is 0 Å². The fourth-order valence-corrected chi connectivity index (χ4v) is 2.82. The minimum Gasteiger partial charge on any atom is -0.468 e. The van der Waals surface area contributed by atoms with Crippen molar-refractivity contribution >= 4 is 11.9 Å². The van der Waals surface area contributed by atoms with Crippen molar-refractivity contribution in [2.75, 3.05) is 27.2 Å². The summed E-state index contributed by atoms with van der Waals surface area (Å²) in [6.07, 6.45) is 2.10. The summed E-state index contributed by atoms with van der Waals surface area (Å²) in [5.41, 5.74) is -0.631. The second-order valence-electron chi connectivity index (χ2n) is 5.78. The number of hydrogen-bond donors (Lipinski definition) is 0. The Kier molecular flexibility index (Phi) is 3.36. The molecule has 1 atom stereocenters. The smallest absolute Gasteiger partial charge is 0.323 e. The van der Waals surface area contributed by atoms with Gasteiger partial charge in [-0.1, -0.05) is 0 Å². The molecule has 0 aromatic heterocycles. The Morgan fingerprint density at radius 2 is 2.00 bits per heavy atom. The third-order valence-corrected chi connectivity index (χ3v) is 4.11. The average Bonchev–Trinajstić information content (AvgIpc) is 3.14. The Bertz CT molecular complexity index is 363. The maximum atomic E-state index is 12.2. The Balaban J connectivity index is 2.24. The van der Waals surface area contributed by atoms with Gasteiger partial charge in [0.05, 0.1) is 12.6 Å². The number of amides is 1. The van der Waals surface area contributed by atoms with Crippen molar-refractivity contribution in [3.63, 3.8) is 0 Å². The highest BCUT2D eigenvalue weighted by Gasteiger charge is 2.50. The Morgan fingerprint density at radius 3 is 2.50 bits per heavy atom. The van der Waals surface area contributed by atoms with Crippen LogP contribution in [0.4, 0.5) is 0 Å². The van der Waals surface area contributed by atoms with E-state index < -0.39 is 5.54 Å². The molecule has 1 amide bonds. The number of carbonyl (C=O) groups excluding carboxylic acids is 2. The van der Waals surface area contributed by atoms with Crippen LogP contribution in [0.15, 0.2) is 0 Å². The van der Waals surface area contributed by atoms with Gasteiger partial charge >= 0.3 is 5.97 Å². The number of methoxy groups -OCH3 is 1. The van der Waals surface area contributed by atoms with Crippen molar-refractivity contribution in [3.05, 3.63) is 0 Å². The fourth-order valence-electron chi connectivity index (χ4n) is 2.82. The lowest BCUT2D eigenvalue weighted by atomic mass is 9.93. The number of rotatable bonds is 3. The molecular formula is C13H22N2O3. The summed E-state index contributed by atoms with van der Waals surface area (Å²) in [6.45, 7) is 5.18. The predicted molar refractivity (Wildman–Crippen MR) is 67.0 cm³/mol. The van der Waals surface area contributed by atoms with Crippen LogP contribution in [0, 0.1) is 5.92 Å². The SMILES string of the molecule is COC(=O)C(C1CC1)N1CCN(C)C(=O)C1(C)C. The molecule has 18 heavy (non-hydrogen) atoms. The molecule has 1 saturated carbocycles. The van der Waals surface area contributed by atoms with Crippen molar-refractivity contribution in [3.8, 4) is 0 Å². The number of hydrogen-bond acceptors (Lipinski definition) is 4. The van der Waals surface area contributed by atoms with Gasteiger partial charge in [-0.3, -0.25) is 14.5 Å². The number of nitrogens with zero attached hydrogens (tertiary/aromatic N) is 2. The highest BCUT2D eigenvalue weighted by molar-refractivity contribution is 5.87. The van der Waals surface area contributed by atoms with Gasteiger partial charge in [-0.25, -0.2) is 0 Å². The van der Waals surface area contributed by atoms with Crippen LogP contribution < -0.4 is 0 Å². The molecule has 1 saturated heterocycles. The Labute approximate surface area is 108 Å². The van der Waals surface area contributed by atoms with Gasteiger partial charge in [0, 0.05) is 20.1 Å². The minimum absolute atomic E-state index is 0.0725. The van der Waals surface area contributed by atoms with E-state index in [4.69, 9.17) is 4.74 Å². The normalized spacial score (nSPS) is 26.0. The van der Waals surface area contributed by atoms with E-state index in [1.165, 1.54) is 7.11 Å². The number of ether oxygens (including phenoxy) is 1. The molecule has 0 bridgehead atoms. The molecule has 0 aromatic carbocycles. The molecule has 0 spiro atoms.